The summed E-state index contributed by atoms with van der Waals surface area (Å²) >= 11 is 0. The van der Waals surface area contributed by atoms with Crippen LogP contribution < -0.4 is 0 Å². The zero-order valence-electron chi connectivity index (χ0n) is 12.6. The van der Waals surface area contributed by atoms with E-state index in [9.17, 15) is 4.79 Å². The van der Waals surface area contributed by atoms with Crippen LogP contribution >= 0.6 is 0 Å². The number of aromatic nitrogens is 1. The van der Waals surface area contributed by atoms with E-state index in [-0.39, 0.29) is 17.9 Å². The number of pyridine rings is 1. The second-order valence-corrected chi connectivity index (χ2v) is 5.84. The summed E-state index contributed by atoms with van der Waals surface area (Å²) in [7, 11) is 0. The molecule has 0 bridgehead atoms. The van der Waals surface area contributed by atoms with Crippen molar-refractivity contribution in [3.05, 3.63) is 42.7 Å². The standard InChI is InChI=1S/C17H21N3O2/c1-2-10-20(17(21)13-6-5-7-13)12-14-11-16(19-22-14)15-8-3-4-9-18-15/h2-4,8-9,13-14H,1,5-7,10-12H2. The maximum atomic E-state index is 12.4. The van der Waals surface area contributed by atoms with Crippen molar-refractivity contribution in [1.82, 2.24) is 9.88 Å². The Labute approximate surface area is 130 Å². The summed E-state index contributed by atoms with van der Waals surface area (Å²) in [5.41, 5.74) is 1.69. The van der Waals surface area contributed by atoms with E-state index in [4.69, 9.17) is 4.84 Å². The van der Waals surface area contributed by atoms with Gasteiger partial charge in [-0.1, -0.05) is 23.7 Å². The van der Waals surface area contributed by atoms with Gasteiger partial charge in [0.1, 0.15) is 5.71 Å². The summed E-state index contributed by atoms with van der Waals surface area (Å²) in [6, 6.07) is 5.73. The Morgan fingerprint density at radius 1 is 1.45 bits per heavy atom. The Hall–Kier alpha value is -2.17. The predicted octanol–water partition coefficient (Wildman–Crippen LogP) is 2.39. The maximum Gasteiger partial charge on any atom is 0.226 e. The number of hydrogen-bond donors (Lipinski definition) is 0. The van der Waals surface area contributed by atoms with E-state index in [0.29, 0.717) is 19.5 Å². The van der Waals surface area contributed by atoms with Crippen molar-refractivity contribution in [2.75, 3.05) is 13.1 Å². The minimum atomic E-state index is -0.0963. The fourth-order valence-corrected chi connectivity index (χ4v) is 2.78. The summed E-state index contributed by atoms with van der Waals surface area (Å²) in [6.07, 6.45) is 7.28. The molecule has 0 N–H and O–H groups in total. The Balaban J connectivity index is 1.58. The zero-order chi connectivity index (χ0) is 15.4. The molecule has 1 fully saturated rings. The molecule has 22 heavy (non-hydrogen) atoms. The second kappa shape index (κ2) is 6.73. The largest absolute Gasteiger partial charge is 0.390 e. The van der Waals surface area contributed by atoms with Crippen molar-refractivity contribution in [2.45, 2.75) is 31.8 Å². The third kappa shape index (κ3) is 3.18. The molecule has 2 heterocycles. The summed E-state index contributed by atoms with van der Waals surface area (Å²) in [5, 5.41) is 4.13. The highest BCUT2D eigenvalue weighted by Crippen LogP contribution is 2.28. The molecule has 1 atom stereocenters. The summed E-state index contributed by atoms with van der Waals surface area (Å²) < 4.78 is 0. The lowest BCUT2D eigenvalue weighted by atomic mass is 9.84. The Morgan fingerprint density at radius 2 is 2.32 bits per heavy atom. The first kappa shape index (κ1) is 14.8. The van der Waals surface area contributed by atoms with Crippen molar-refractivity contribution in [1.29, 1.82) is 0 Å². The highest BCUT2D eigenvalue weighted by Gasteiger charge is 2.32. The molecule has 0 spiro atoms. The molecule has 1 aromatic heterocycles. The smallest absolute Gasteiger partial charge is 0.226 e. The fourth-order valence-electron chi connectivity index (χ4n) is 2.78. The molecule has 0 saturated heterocycles. The topological polar surface area (TPSA) is 54.8 Å². The molecule has 5 heteroatoms. The van der Waals surface area contributed by atoms with Gasteiger partial charge >= 0.3 is 0 Å². The average Bonchev–Trinajstić information content (AvgIpc) is 2.94. The van der Waals surface area contributed by atoms with Gasteiger partial charge in [-0.05, 0) is 25.0 Å². The quantitative estimate of drug-likeness (QED) is 0.758. The van der Waals surface area contributed by atoms with E-state index in [1.165, 1.54) is 0 Å². The van der Waals surface area contributed by atoms with Crippen molar-refractivity contribution < 1.29 is 9.63 Å². The number of rotatable bonds is 6. The lowest BCUT2D eigenvalue weighted by Gasteiger charge is -2.32. The SMILES string of the molecule is C=CCN(CC1CC(c2ccccn2)=NO1)C(=O)C1CCC1. The van der Waals surface area contributed by atoms with Gasteiger partial charge < -0.3 is 9.74 Å². The van der Waals surface area contributed by atoms with Crippen LogP contribution in [-0.2, 0) is 9.63 Å². The molecule has 1 aliphatic heterocycles. The van der Waals surface area contributed by atoms with Crippen molar-refractivity contribution in [2.24, 2.45) is 11.1 Å². The van der Waals surface area contributed by atoms with Gasteiger partial charge in [-0.25, -0.2) is 0 Å². The minimum Gasteiger partial charge on any atom is -0.390 e. The summed E-state index contributed by atoms with van der Waals surface area (Å²) in [5.74, 6) is 0.415. The summed E-state index contributed by atoms with van der Waals surface area (Å²) in [6.45, 7) is 4.87. The van der Waals surface area contributed by atoms with Crippen LogP contribution in [0, 0.1) is 5.92 Å². The molecule has 0 radical (unpaired) electrons. The van der Waals surface area contributed by atoms with Gasteiger partial charge in [0.2, 0.25) is 5.91 Å². The van der Waals surface area contributed by atoms with Crippen LogP contribution in [0.3, 0.4) is 0 Å². The molecule has 1 saturated carbocycles. The molecule has 1 amide bonds. The van der Waals surface area contributed by atoms with Gasteiger partial charge in [0.15, 0.2) is 6.10 Å². The van der Waals surface area contributed by atoms with E-state index in [0.717, 1.165) is 30.7 Å². The first-order valence-electron chi connectivity index (χ1n) is 7.81. The van der Waals surface area contributed by atoms with Gasteiger partial charge in [-0.3, -0.25) is 9.78 Å². The number of carbonyl (C=O) groups excluding carboxylic acids is 1. The Bertz CT molecular complexity index is 567. The number of hydrogen-bond acceptors (Lipinski definition) is 4. The predicted molar refractivity (Wildman–Crippen MR) is 84.4 cm³/mol. The van der Waals surface area contributed by atoms with Gasteiger partial charge in [0.05, 0.1) is 12.2 Å². The van der Waals surface area contributed by atoms with E-state index in [1.54, 1.807) is 12.3 Å². The van der Waals surface area contributed by atoms with Gasteiger partial charge in [-0.2, -0.15) is 0 Å². The molecular formula is C17H21N3O2. The van der Waals surface area contributed by atoms with Crippen LogP contribution in [-0.4, -0.2) is 40.7 Å². The summed E-state index contributed by atoms with van der Waals surface area (Å²) in [4.78, 5) is 24.1. The molecule has 116 valence electrons. The van der Waals surface area contributed by atoms with Crippen LogP contribution in [0.5, 0.6) is 0 Å². The maximum absolute atomic E-state index is 12.4. The van der Waals surface area contributed by atoms with E-state index < -0.39 is 0 Å². The molecule has 5 nitrogen and oxygen atoms in total. The Kier molecular flexibility index (Phi) is 4.51. The Morgan fingerprint density at radius 3 is 2.95 bits per heavy atom. The minimum absolute atomic E-state index is 0.0963. The molecule has 2 aliphatic rings. The second-order valence-electron chi connectivity index (χ2n) is 5.84. The number of carbonyl (C=O) groups is 1. The van der Waals surface area contributed by atoms with Gasteiger partial charge in [0, 0.05) is 25.1 Å². The molecular weight excluding hydrogens is 278 g/mol. The van der Waals surface area contributed by atoms with E-state index >= 15 is 0 Å². The van der Waals surface area contributed by atoms with Crippen molar-refractivity contribution in [3.8, 4) is 0 Å². The number of amides is 1. The molecule has 1 aliphatic carbocycles. The van der Waals surface area contributed by atoms with Crippen molar-refractivity contribution in [3.63, 3.8) is 0 Å². The van der Waals surface area contributed by atoms with Crippen LogP contribution in [0.25, 0.3) is 0 Å². The van der Waals surface area contributed by atoms with Crippen LogP contribution in [0.2, 0.25) is 0 Å². The molecule has 1 unspecified atom stereocenters. The first-order chi connectivity index (χ1) is 10.8. The lowest BCUT2D eigenvalue weighted by molar-refractivity contribution is -0.139. The third-order valence-electron chi connectivity index (χ3n) is 4.23. The van der Waals surface area contributed by atoms with Gasteiger partial charge in [0.25, 0.3) is 0 Å². The first-order valence-corrected chi connectivity index (χ1v) is 7.81. The van der Waals surface area contributed by atoms with E-state index in [1.807, 2.05) is 23.1 Å². The monoisotopic (exact) mass is 299 g/mol. The average molecular weight is 299 g/mol. The third-order valence-corrected chi connectivity index (χ3v) is 4.23. The number of oxime groups is 1. The van der Waals surface area contributed by atoms with Crippen LogP contribution in [0.15, 0.2) is 42.2 Å². The molecule has 0 aromatic carbocycles. The van der Waals surface area contributed by atoms with Gasteiger partial charge in [-0.15, -0.1) is 6.58 Å². The van der Waals surface area contributed by atoms with Crippen molar-refractivity contribution >= 4 is 11.6 Å². The van der Waals surface area contributed by atoms with Crippen LogP contribution in [0.1, 0.15) is 31.4 Å². The normalized spacial score (nSPS) is 20.7. The molecule has 3 rings (SSSR count). The highest BCUT2D eigenvalue weighted by molar-refractivity contribution is 5.99. The zero-order valence-corrected chi connectivity index (χ0v) is 12.6. The number of nitrogens with zero attached hydrogens (tertiary/aromatic N) is 3. The molecule has 1 aromatic rings. The lowest BCUT2D eigenvalue weighted by Crippen LogP contribution is -2.43. The van der Waals surface area contributed by atoms with Crippen LogP contribution in [0.4, 0.5) is 0 Å². The fraction of sp³-hybridized carbons (Fsp3) is 0.471. The van der Waals surface area contributed by atoms with E-state index in [2.05, 4.69) is 16.7 Å². The highest BCUT2D eigenvalue weighted by atomic mass is 16.6.